The quantitative estimate of drug-likeness (QED) is 0.260. The summed E-state index contributed by atoms with van der Waals surface area (Å²) in [4.78, 5) is 25.9. The maximum Gasteiger partial charge on any atom is 0.416 e. The topological polar surface area (TPSA) is 63.1 Å². The molecule has 0 fully saturated rings. The average Bonchev–Trinajstić information content (AvgIpc) is 3.21. The van der Waals surface area contributed by atoms with Crippen LogP contribution in [-0.4, -0.2) is 28.7 Å². The van der Waals surface area contributed by atoms with E-state index < -0.39 is 17.6 Å². The molecule has 9 heteroatoms. The molecular weight excluding hydrogens is 499 g/mol. The summed E-state index contributed by atoms with van der Waals surface area (Å²) in [6.07, 6.45) is -2.58. The number of halogens is 3. The fraction of sp³-hybridized carbons (Fsp3) is 0.214. The molecule has 5 nitrogen and oxygen atoms in total. The largest absolute Gasteiger partial charge is 0.416 e. The molecule has 37 heavy (non-hydrogen) atoms. The molecule has 0 saturated heterocycles. The molecule has 0 aliphatic rings. The fourth-order valence-electron chi connectivity index (χ4n) is 4.03. The minimum absolute atomic E-state index is 0.0433. The molecular formula is C28H26F3N3O2S. The Hall–Kier alpha value is -3.72. The van der Waals surface area contributed by atoms with Crippen molar-refractivity contribution in [2.75, 3.05) is 17.6 Å². The highest BCUT2D eigenvalue weighted by Gasteiger charge is 2.30. The van der Waals surface area contributed by atoms with Crippen LogP contribution in [0.25, 0.3) is 10.9 Å². The van der Waals surface area contributed by atoms with Gasteiger partial charge >= 0.3 is 6.18 Å². The third-order valence-corrected chi connectivity index (χ3v) is 6.90. The Kier molecular flexibility index (Phi) is 7.92. The number of alkyl halides is 3. The predicted octanol–water partition coefficient (Wildman–Crippen LogP) is 6.44. The first kappa shape index (κ1) is 26.3. The van der Waals surface area contributed by atoms with Gasteiger partial charge < -0.3 is 15.2 Å². The number of aromatic nitrogens is 1. The van der Waals surface area contributed by atoms with Crippen LogP contribution in [0.4, 0.5) is 18.9 Å². The minimum Gasteiger partial charge on any atom is -0.350 e. The Morgan fingerprint density at radius 1 is 0.973 bits per heavy atom. The van der Waals surface area contributed by atoms with Crippen LogP contribution in [-0.2, 0) is 17.5 Å². The van der Waals surface area contributed by atoms with Gasteiger partial charge in [0.25, 0.3) is 5.91 Å². The van der Waals surface area contributed by atoms with Crippen LogP contribution in [0, 0.1) is 13.8 Å². The van der Waals surface area contributed by atoms with E-state index in [1.54, 1.807) is 0 Å². The highest BCUT2D eigenvalue weighted by Crippen LogP contribution is 2.31. The number of carbonyl (C=O) groups excluding carboxylic acids is 2. The van der Waals surface area contributed by atoms with Crippen LogP contribution in [0.1, 0.15) is 27.0 Å². The number of hydrogen-bond donors (Lipinski definition) is 2. The number of nitrogens with zero attached hydrogens (tertiary/aromatic N) is 1. The molecule has 0 radical (unpaired) electrons. The fourth-order valence-corrected chi connectivity index (χ4v) is 4.91. The molecule has 0 atom stereocenters. The zero-order valence-electron chi connectivity index (χ0n) is 20.4. The number of thioether (sulfide) groups is 1. The highest BCUT2D eigenvalue weighted by molar-refractivity contribution is 8.00. The van der Waals surface area contributed by atoms with Crippen LogP contribution in [0.15, 0.2) is 77.8 Å². The van der Waals surface area contributed by atoms with Gasteiger partial charge in [0.15, 0.2) is 0 Å². The van der Waals surface area contributed by atoms with E-state index >= 15 is 0 Å². The molecule has 0 spiro atoms. The molecule has 0 bridgehead atoms. The maximum atomic E-state index is 12.9. The molecule has 192 valence electrons. The smallest absolute Gasteiger partial charge is 0.350 e. The van der Waals surface area contributed by atoms with Crippen molar-refractivity contribution in [1.29, 1.82) is 0 Å². The second-order valence-electron chi connectivity index (χ2n) is 8.69. The number of amides is 2. The van der Waals surface area contributed by atoms with Crippen LogP contribution in [0.2, 0.25) is 0 Å². The second-order valence-corrected chi connectivity index (χ2v) is 9.71. The first-order valence-corrected chi connectivity index (χ1v) is 12.6. The maximum absolute atomic E-state index is 12.9. The molecule has 0 aliphatic carbocycles. The van der Waals surface area contributed by atoms with Crippen molar-refractivity contribution in [3.63, 3.8) is 0 Å². The molecule has 0 aliphatic heterocycles. The zero-order chi connectivity index (χ0) is 26.6. The summed E-state index contributed by atoms with van der Waals surface area (Å²) in [6, 6.07) is 18.0. The standard InChI is InChI=1S/C28H26F3N3O2S/c1-18-10-11-23(19(2)14-18)33-26(35)17-37-25-16-34(24-9-4-3-8-22(24)25)13-12-32-27(36)20-6-5-7-21(15-20)28(29,30)31/h3-11,14-16H,12-13,17H2,1-2H3,(H,32,36)(H,33,35). The van der Waals surface area contributed by atoms with Crippen LogP contribution < -0.4 is 10.6 Å². The summed E-state index contributed by atoms with van der Waals surface area (Å²) in [5.41, 5.74) is 2.95. The normalized spacial score (nSPS) is 11.5. The third-order valence-electron chi connectivity index (χ3n) is 5.86. The number of benzene rings is 3. The summed E-state index contributed by atoms with van der Waals surface area (Å²) >= 11 is 1.42. The lowest BCUT2D eigenvalue weighted by molar-refractivity contribution is -0.137. The Balaban J connectivity index is 1.39. The Labute approximate surface area is 217 Å². The van der Waals surface area contributed by atoms with E-state index in [0.29, 0.717) is 6.54 Å². The van der Waals surface area contributed by atoms with Crippen molar-refractivity contribution < 1.29 is 22.8 Å². The van der Waals surface area contributed by atoms with Crippen molar-refractivity contribution in [2.24, 2.45) is 0 Å². The van der Waals surface area contributed by atoms with Gasteiger partial charge in [-0.1, -0.05) is 42.0 Å². The van der Waals surface area contributed by atoms with E-state index in [-0.39, 0.29) is 23.8 Å². The van der Waals surface area contributed by atoms with Gasteiger partial charge in [-0.3, -0.25) is 9.59 Å². The van der Waals surface area contributed by atoms with Crippen LogP contribution >= 0.6 is 11.8 Å². The van der Waals surface area contributed by atoms with Crippen LogP contribution in [0.3, 0.4) is 0 Å². The lowest BCUT2D eigenvalue weighted by atomic mass is 10.1. The highest BCUT2D eigenvalue weighted by atomic mass is 32.2. The van der Waals surface area contributed by atoms with Gasteiger partial charge in [-0.25, -0.2) is 0 Å². The molecule has 0 saturated carbocycles. The lowest BCUT2D eigenvalue weighted by Crippen LogP contribution is -2.27. The van der Waals surface area contributed by atoms with Crippen LogP contribution in [0.5, 0.6) is 0 Å². The lowest BCUT2D eigenvalue weighted by Gasteiger charge is -2.10. The number of hydrogen-bond acceptors (Lipinski definition) is 3. The van der Waals surface area contributed by atoms with Gasteiger partial charge in [-0.15, -0.1) is 11.8 Å². The van der Waals surface area contributed by atoms with Gasteiger partial charge in [0.05, 0.1) is 11.3 Å². The molecule has 3 aromatic carbocycles. The van der Waals surface area contributed by atoms with E-state index in [4.69, 9.17) is 0 Å². The predicted molar refractivity (Wildman–Crippen MR) is 141 cm³/mol. The van der Waals surface area contributed by atoms with Crippen molar-refractivity contribution in [3.8, 4) is 0 Å². The van der Waals surface area contributed by atoms with Crippen molar-refractivity contribution >= 4 is 40.2 Å². The Bertz CT molecular complexity index is 1450. The molecule has 1 aromatic heterocycles. The van der Waals surface area contributed by atoms with Gasteiger partial charge in [0.1, 0.15) is 0 Å². The SMILES string of the molecule is Cc1ccc(NC(=O)CSc2cn(CCNC(=O)c3cccc(C(F)(F)F)c3)c3ccccc23)c(C)c1. The monoisotopic (exact) mass is 525 g/mol. The van der Waals surface area contributed by atoms with E-state index in [1.807, 2.05) is 67.1 Å². The second kappa shape index (κ2) is 11.1. The number of nitrogens with one attached hydrogen (secondary N) is 2. The number of fused-ring (bicyclic) bond motifs is 1. The Morgan fingerprint density at radius 3 is 2.51 bits per heavy atom. The number of rotatable bonds is 8. The van der Waals surface area contributed by atoms with E-state index in [0.717, 1.165) is 44.7 Å². The molecule has 2 amide bonds. The summed E-state index contributed by atoms with van der Waals surface area (Å²) < 4.78 is 40.8. The first-order valence-electron chi connectivity index (χ1n) is 11.6. The third kappa shape index (κ3) is 6.54. The zero-order valence-corrected chi connectivity index (χ0v) is 21.2. The minimum atomic E-state index is -4.51. The van der Waals surface area contributed by atoms with Crippen molar-refractivity contribution in [1.82, 2.24) is 9.88 Å². The molecule has 2 N–H and O–H groups in total. The van der Waals surface area contributed by atoms with Gasteiger partial charge in [0.2, 0.25) is 5.91 Å². The summed E-state index contributed by atoms with van der Waals surface area (Å²) in [7, 11) is 0. The summed E-state index contributed by atoms with van der Waals surface area (Å²) in [5.74, 6) is -0.449. The molecule has 4 rings (SSSR count). The number of para-hydroxylation sites is 1. The van der Waals surface area contributed by atoms with Crippen molar-refractivity contribution in [3.05, 3.63) is 95.2 Å². The molecule has 1 heterocycles. The van der Waals surface area contributed by atoms with Gasteiger partial charge in [-0.2, -0.15) is 13.2 Å². The van der Waals surface area contributed by atoms with Gasteiger partial charge in [0, 0.05) is 46.3 Å². The first-order chi connectivity index (χ1) is 17.6. The van der Waals surface area contributed by atoms with E-state index in [9.17, 15) is 22.8 Å². The number of carbonyl (C=O) groups is 2. The van der Waals surface area contributed by atoms with Crippen molar-refractivity contribution in [2.45, 2.75) is 31.5 Å². The molecule has 0 unspecified atom stereocenters. The number of aryl methyl sites for hydroxylation is 2. The number of anilines is 1. The summed E-state index contributed by atoms with van der Waals surface area (Å²) in [5, 5.41) is 6.62. The molecule has 4 aromatic rings. The Morgan fingerprint density at radius 2 is 1.76 bits per heavy atom. The summed E-state index contributed by atoms with van der Waals surface area (Å²) in [6.45, 7) is 4.60. The van der Waals surface area contributed by atoms with E-state index in [1.165, 1.54) is 23.9 Å². The average molecular weight is 526 g/mol. The van der Waals surface area contributed by atoms with Gasteiger partial charge in [-0.05, 0) is 49.7 Å². The van der Waals surface area contributed by atoms with E-state index in [2.05, 4.69) is 10.6 Å².